The molecule has 0 fully saturated rings. The quantitative estimate of drug-likeness (QED) is 0.819. The van der Waals surface area contributed by atoms with Crippen molar-refractivity contribution in [2.24, 2.45) is 0 Å². The molecule has 0 saturated carbocycles. The largest absolute Gasteiger partial charge is 0.351 e. The average molecular weight is 371 g/mol. The second kappa shape index (κ2) is 7.74. The van der Waals surface area contributed by atoms with Gasteiger partial charge in [0.15, 0.2) is 0 Å². The summed E-state index contributed by atoms with van der Waals surface area (Å²) >= 11 is 5.97. The Morgan fingerprint density at radius 2 is 1.92 bits per heavy atom. The number of aryl methyl sites for hydroxylation is 1. The minimum absolute atomic E-state index is 0.0969. The van der Waals surface area contributed by atoms with E-state index < -0.39 is 28.3 Å². The summed E-state index contributed by atoms with van der Waals surface area (Å²) in [6.45, 7) is 1.23. The predicted molar refractivity (Wildman–Crippen MR) is 89.6 cm³/mol. The topological polar surface area (TPSA) is 75.3 Å². The van der Waals surface area contributed by atoms with Gasteiger partial charge >= 0.3 is 0 Å². The first-order valence-electron chi connectivity index (χ1n) is 7.05. The fourth-order valence-corrected chi connectivity index (χ4v) is 3.20. The van der Waals surface area contributed by atoms with Crippen molar-refractivity contribution < 1.29 is 17.6 Å². The Kier molecular flexibility index (Phi) is 5.93. The Hall–Kier alpha value is -1.96. The van der Waals surface area contributed by atoms with E-state index in [1.165, 1.54) is 13.0 Å². The highest BCUT2D eigenvalue weighted by Crippen LogP contribution is 2.15. The lowest BCUT2D eigenvalue weighted by Gasteiger charge is -2.09. The summed E-state index contributed by atoms with van der Waals surface area (Å²) in [5, 5.41) is 3.09. The van der Waals surface area contributed by atoms with Crippen molar-refractivity contribution in [2.45, 2.75) is 18.4 Å². The van der Waals surface area contributed by atoms with E-state index in [-0.39, 0.29) is 17.0 Å². The van der Waals surface area contributed by atoms with E-state index in [1.54, 1.807) is 24.3 Å². The number of amides is 1. The van der Waals surface area contributed by atoms with Gasteiger partial charge in [-0.15, -0.1) is 0 Å². The summed E-state index contributed by atoms with van der Waals surface area (Å²) < 4.78 is 39.6. The molecule has 2 aromatic carbocycles. The maximum absolute atomic E-state index is 13.2. The van der Waals surface area contributed by atoms with Gasteiger partial charge in [-0.1, -0.05) is 29.8 Å². The first-order chi connectivity index (χ1) is 11.3. The SMILES string of the molecule is Cc1cc(S(=O)(=O)NCC(=O)NCc2ccccc2Cl)ccc1F. The van der Waals surface area contributed by atoms with Gasteiger partial charge in [0, 0.05) is 11.6 Å². The molecular weight excluding hydrogens is 355 g/mol. The predicted octanol–water partition coefficient (Wildman–Crippen LogP) is 2.38. The van der Waals surface area contributed by atoms with Crippen LogP contribution in [0.4, 0.5) is 4.39 Å². The molecule has 2 N–H and O–H groups in total. The number of sulfonamides is 1. The maximum atomic E-state index is 13.2. The van der Waals surface area contributed by atoms with Crippen LogP contribution in [-0.2, 0) is 21.4 Å². The lowest BCUT2D eigenvalue weighted by atomic mass is 10.2. The van der Waals surface area contributed by atoms with Crippen LogP contribution in [0.15, 0.2) is 47.4 Å². The van der Waals surface area contributed by atoms with Gasteiger partial charge in [0.2, 0.25) is 15.9 Å². The van der Waals surface area contributed by atoms with Crippen LogP contribution in [0.5, 0.6) is 0 Å². The third kappa shape index (κ3) is 4.77. The average Bonchev–Trinajstić information content (AvgIpc) is 2.54. The minimum Gasteiger partial charge on any atom is -0.351 e. The summed E-state index contributed by atoms with van der Waals surface area (Å²) in [5.41, 5.74) is 0.936. The minimum atomic E-state index is -3.89. The normalized spacial score (nSPS) is 11.3. The molecule has 0 saturated heterocycles. The van der Waals surface area contributed by atoms with Gasteiger partial charge in [-0.2, -0.15) is 0 Å². The molecule has 0 aliphatic heterocycles. The zero-order valence-electron chi connectivity index (χ0n) is 12.8. The van der Waals surface area contributed by atoms with Crippen LogP contribution >= 0.6 is 11.6 Å². The molecule has 0 aliphatic rings. The van der Waals surface area contributed by atoms with Crippen molar-refractivity contribution in [2.75, 3.05) is 6.54 Å². The molecule has 0 bridgehead atoms. The van der Waals surface area contributed by atoms with Gasteiger partial charge in [-0.3, -0.25) is 4.79 Å². The zero-order valence-corrected chi connectivity index (χ0v) is 14.4. The number of nitrogens with one attached hydrogen (secondary N) is 2. The molecule has 128 valence electrons. The van der Waals surface area contributed by atoms with E-state index in [9.17, 15) is 17.6 Å². The molecule has 2 aromatic rings. The van der Waals surface area contributed by atoms with Crippen molar-refractivity contribution in [1.29, 1.82) is 0 Å². The third-order valence-corrected chi connectivity index (χ3v) is 5.06. The Balaban J connectivity index is 1.93. The summed E-state index contributed by atoms with van der Waals surface area (Å²) in [6, 6.07) is 10.4. The summed E-state index contributed by atoms with van der Waals surface area (Å²) in [7, 11) is -3.89. The van der Waals surface area contributed by atoms with Gasteiger partial charge in [-0.05, 0) is 42.3 Å². The number of carbonyl (C=O) groups is 1. The van der Waals surface area contributed by atoms with Crippen molar-refractivity contribution in [1.82, 2.24) is 10.0 Å². The smallest absolute Gasteiger partial charge is 0.241 e. The van der Waals surface area contributed by atoms with E-state index in [4.69, 9.17) is 11.6 Å². The second-order valence-electron chi connectivity index (χ2n) is 5.10. The van der Waals surface area contributed by atoms with Gasteiger partial charge in [0.05, 0.1) is 11.4 Å². The monoisotopic (exact) mass is 370 g/mol. The van der Waals surface area contributed by atoms with Crippen LogP contribution < -0.4 is 10.0 Å². The van der Waals surface area contributed by atoms with Crippen molar-refractivity contribution in [3.05, 3.63) is 64.4 Å². The van der Waals surface area contributed by atoms with Gasteiger partial charge in [0.25, 0.3) is 0 Å². The standard InChI is InChI=1S/C16H16ClFN2O3S/c1-11-8-13(6-7-15(11)18)24(22,23)20-10-16(21)19-9-12-4-2-3-5-14(12)17/h2-8,20H,9-10H2,1H3,(H,19,21). The van der Waals surface area contributed by atoms with Gasteiger partial charge in [0.1, 0.15) is 5.82 Å². The van der Waals surface area contributed by atoms with E-state index >= 15 is 0 Å². The number of hydrogen-bond donors (Lipinski definition) is 2. The van der Waals surface area contributed by atoms with Crippen LogP contribution in [0.25, 0.3) is 0 Å². The molecule has 2 rings (SSSR count). The molecule has 0 spiro atoms. The molecule has 0 atom stereocenters. The number of benzene rings is 2. The van der Waals surface area contributed by atoms with Crippen LogP contribution in [0, 0.1) is 12.7 Å². The molecule has 5 nitrogen and oxygen atoms in total. The summed E-state index contributed by atoms with van der Waals surface area (Å²) in [6.07, 6.45) is 0. The molecular formula is C16H16ClFN2O3S. The van der Waals surface area contributed by atoms with Gasteiger partial charge < -0.3 is 5.32 Å². The number of rotatable bonds is 6. The van der Waals surface area contributed by atoms with Crippen molar-refractivity contribution in [3.63, 3.8) is 0 Å². The van der Waals surface area contributed by atoms with Crippen molar-refractivity contribution >= 4 is 27.5 Å². The molecule has 8 heteroatoms. The molecule has 0 radical (unpaired) electrons. The van der Waals surface area contributed by atoms with E-state index in [0.29, 0.717) is 5.02 Å². The third-order valence-electron chi connectivity index (χ3n) is 3.30. The number of carbonyl (C=O) groups excluding carboxylic acids is 1. The van der Waals surface area contributed by atoms with Crippen LogP contribution in [0.3, 0.4) is 0 Å². The zero-order chi connectivity index (χ0) is 17.7. The Labute approximate surface area is 144 Å². The maximum Gasteiger partial charge on any atom is 0.241 e. The first-order valence-corrected chi connectivity index (χ1v) is 8.91. The molecule has 0 heterocycles. The Morgan fingerprint density at radius 1 is 1.21 bits per heavy atom. The van der Waals surface area contributed by atoms with Crippen molar-refractivity contribution in [3.8, 4) is 0 Å². The molecule has 0 unspecified atom stereocenters. The highest BCUT2D eigenvalue weighted by atomic mass is 35.5. The number of halogens is 2. The van der Waals surface area contributed by atoms with E-state index in [0.717, 1.165) is 17.7 Å². The summed E-state index contributed by atoms with van der Waals surface area (Å²) in [5.74, 6) is -0.997. The van der Waals surface area contributed by atoms with E-state index in [1.807, 2.05) is 0 Å². The van der Waals surface area contributed by atoms with Crippen LogP contribution in [0.2, 0.25) is 5.02 Å². The van der Waals surface area contributed by atoms with Crippen LogP contribution in [-0.4, -0.2) is 20.9 Å². The summed E-state index contributed by atoms with van der Waals surface area (Å²) in [4.78, 5) is 11.7. The molecule has 0 aromatic heterocycles. The highest BCUT2D eigenvalue weighted by molar-refractivity contribution is 7.89. The lowest BCUT2D eigenvalue weighted by Crippen LogP contribution is -2.36. The second-order valence-corrected chi connectivity index (χ2v) is 7.28. The lowest BCUT2D eigenvalue weighted by molar-refractivity contribution is -0.120. The first kappa shape index (κ1) is 18.4. The Morgan fingerprint density at radius 3 is 2.58 bits per heavy atom. The fraction of sp³-hybridized carbons (Fsp3) is 0.188. The van der Waals surface area contributed by atoms with Gasteiger partial charge in [-0.25, -0.2) is 17.5 Å². The van der Waals surface area contributed by atoms with Crippen LogP contribution in [0.1, 0.15) is 11.1 Å². The highest BCUT2D eigenvalue weighted by Gasteiger charge is 2.16. The molecule has 1 amide bonds. The fourth-order valence-electron chi connectivity index (χ4n) is 1.93. The number of hydrogen-bond acceptors (Lipinski definition) is 3. The molecule has 24 heavy (non-hydrogen) atoms. The van der Waals surface area contributed by atoms with E-state index in [2.05, 4.69) is 10.0 Å². The molecule has 0 aliphatic carbocycles. The Bertz CT molecular complexity index is 856.